The Labute approximate surface area is 138 Å². The Balaban J connectivity index is 2.35. The summed E-state index contributed by atoms with van der Waals surface area (Å²) in [6.07, 6.45) is 1.84. The Bertz CT molecular complexity index is 649. The van der Waals surface area contributed by atoms with E-state index >= 15 is 0 Å². The highest BCUT2D eigenvalue weighted by Gasteiger charge is 2.09. The fourth-order valence-corrected chi connectivity index (χ4v) is 2.51. The molecule has 0 bridgehead atoms. The van der Waals surface area contributed by atoms with Crippen molar-refractivity contribution in [3.05, 3.63) is 39.2 Å². The standard InChI is InChI=1S/C15H17BrClN3O/c1-4-5-14-19-13(16)8-15(20-14)18-11-6-9(2)10(17)7-12(11)21-3/h6-8H,4-5H2,1-3H3,(H,18,19,20). The molecule has 21 heavy (non-hydrogen) atoms. The number of aromatic nitrogens is 2. The SMILES string of the molecule is CCCc1nc(Br)cc(Nc2cc(C)c(Cl)cc2OC)n1. The highest BCUT2D eigenvalue weighted by molar-refractivity contribution is 9.10. The molecule has 0 saturated heterocycles. The lowest BCUT2D eigenvalue weighted by Crippen LogP contribution is -2.02. The molecule has 1 aromatic carbocycles. The fraction of sp³-hybridized carbons (Fsp3) is 0.333. The van der Waals surface area contributed by atoms with Crippen LogP contribution in [0.2, 0.25) is 5.02 Å². The Morgan fingerprint density at radius 3 is 2.71 bits per heavy atom. The second-order valence-electron chi connectivity index (χ2n) is 4.67. The number of anilines is 2. The monoisotopic (exact) mass is 369 g/mol. The van der Waals surface area contributed by atoms with Crippen molar-refractivity contribution in [1.82, 2.24) is 9.97 Å². The first-order valence-corrected chi connectivity index (χ1v) is 7.85. The molecule has 0 atom stereocenters. The van der Waals surface area contributed by atoms with Gasteiger partial charge < -0.3 is 10.1 Å². The highest BCUT2D eigenvalue weighted by atomic mass is 79.9. The molecular formula is C15H17BrClN3O. The summed E-state index contributed by atoms with van der Waals surface area (Å²) in [5.74, 6) is 2.21. The molecule has 0 saturated carbocycles. The van der Waals surface area contributed by atoms with Gasteiger partial charge in [0.25, 0.3) is 0 Å². The van der Waals surface area contributed by atoms with Gasteiger partial charge in [-0.1, -0.05) is 18.5 Å². The zero-order valence-corrected chi connectivity index (χ0v) is 14.5. The fourth-order valence-electron chi connectivity index (χ4n) is 1.93. The predicted octanol–water partition coefficient (Wildman–Crippen LogP) is 4.91. The lowest BCUT2D eigenvalue weighted by atomic mass is 10.2. The van der Waals surface area contributed by atoms with E-state index in [1.165, 1.54) is 0 Å². The van der Waals surface area contributed by atoms with Gasteiger partial charge in [0.2, 0.25) is 0 Å². The first-order chi connectivity index (χ1) is 10.0. The van der Waals surface area contributed by atoms with Crippen molar-refractivity contribution in [2.24, 2.45) is 0 Å². The molecule has 112 valence electrons. The summed E-state index contributed by atoms with van der Waals surface area (Å²) in [4.78, 5) is 8.86. The molecule has 6 heteroatoms. The number of methoxy groups -OCH3 is 1. The van der Waals surface area contributed by atoms with E-state index in [2.05, 4.69) is 38.1 Å². The van der Waals surface area contributed by atoms with E-state index < -0.39 is 0 Å². The number of benzene rings is 1. The molecule has 2 rings (SSSR count). The lowest BCUT2D eigenvalue weighted by molar-refractivity contribution is 0.416. The third kappa shape index (κ3) is 4.08. The van der Waals surface area contributed by atoms with E-state index in [-0.39, 0.29) is 0 Å². The number of ether oxygens (including phenoxy) is 1. The Morgan fingerprint density at radius 2 is 2.05 bits per heavy atom. The first kappa shape index (κ1) is 16.0. The second kappa shape index (κ2) is 7.09. The number of nitrogens with one attached hydrogen (secondary N) is 1. The van der Waals surface area contributed by atoms with Crippen LogP contribution in [0.25, 0.3) is 0 Å². The molecule has 0 aliphatic heterocycles. The van der Waals surface area contributed by atoms with E-state index in [4.69, 9.17) is 16.3 Å². The summed E-state index contributed by atoms with van der Waals surface area (Å²) in [6.45, 7) is 4.05. The van der Waals surface area contributed by atoms with E-state index in [0.29, 0.717) is 10.8 Å². The van der Waals surface area contributed by atoms with Crippen LogP contribution in [0.3, 0.4) is 0 Å². The van der Waals surface area contributed by atoms with Gasteiger partial charge in [-0.3, -0.25) is 0 Å². The number of nitrogens with zero attached hydrogens (tertiary/aromatic N) is 2. The van der Waals surface area contributed by atoms with Crippen LogP contribution < -0.4 is 10.1 Å². The predicted molar refractivity (Wildman–Crippen MR) is 89.8 cm³/mol. The minimum atomic E-state index is 0.674. The Hall–Kier alpha value is -1.33. The van der Waals surface area contributed by atoms with Crippen molar-refractivity contribution in [3.8, 4) is 5.75 Å². The minimum Gasteiger partial charge on any atom is -0.495 e. The summed E-state index contributed by atoms with van der Waals surface area (Å²) in [6, 6.07) is 5.57. The zero-order valence-electron chi connectivity index (χ0n) is 12.2. The van der Waals surface area contributed by atoms with Crippen LogP contribution in [0.5, 0.6) is 5.75 Å². The minimum absolute atomic E-state index is 0.674. The van der Waals surface area contributed by atoms with E-state index in [0.717, 1.165) is 40.3 Å². The smallest absolute Gasteiger partial charge is 0.143 e. The third-order valence-electron chi connectivity index (χ3n) is 2.96. The summed E-state index contributed by atoms with van der Waals surface area (Å²) >= 11 is 9.53. The van der Waals surface area contributed by atoms with Gasteiger partial charge in [0.15, 0.2) is 0 Å². The zero-order chi connectivity index (χ0) is 15.4. The molecular weight excluding hydrogens is 354 g/mol. The van der Waals surface area contributed by atoms with Crippen LogP contribution in [0.4, 0.5) is 11.5 Å². The van der Waals surface area contributed by atoms with Crippen LogP contribution in [0, 0.1) is 6.92 Å². The molecule has 1 N–H and O–H groups in total. The van der Waals surface area contributed by atoms with Gasteiger partial charge in [0.05, 0.1) is 12.8 Å². The van der Waals surface area contributed by atoms with Gasteiger partial charge in [-0.2, -0.15) is 0 Å². The van der Waals surface area contributed by atoms with E-state index in [1.54, 1.807) is 13.2 Å². The topological polar surface area (TPSA) is 47.0 Å². The number of aryl methyl sites for hydroxylation is 2. The largest absolute Gasteiger partial charge is 0.495 e. The van der Waals surface area contributed by atoms with Gasteiger partial charge in [-0.15, -0.1) is 0 Å². The summed E-state index contributed by atoms with van der Waals surface area (Å²) < 4.78 is 6.12. The van der Waals surface area contributed by atoms with Crippen molar-refractivity contribution in [2.45, 2.75) is 26.7 Å². The van der Waals surface area contributed by atoms with E-state index in [9.17, 15) is 0 Å². The maximum atomic E-state index is 6.12. The van der Waals surface area contributed by atoms with Crippen LogP contribution in [0.15, 0.2) is 22.8 Å². The lowest BCUT2D eigenvalue weighted by Gasteiger charge is -2.13. The molecule has 0 aliphatic carbocycles. The summed E-state index contributed by atoms with van der Waals surface area (Å²) in [5, 5.41) is 3.94. The summed E-state index contributed by atoms with van der Waals surface area (Å²) in [7, 11) is 1.62. The number of hydrogen-bond acceptors (Lipinski definition) is 4. The molecule has 0 radical (unpaired) electrons. The molecule has 2 aromatic rings. The summed E-state index contributed by atoms with van der Waals surface area (Å²) in [5.41, 5.74) is 1.80. The van der Waals surface area contributed by atoms with Crippen LogP contribution in [0.1, 0.15) is 24.7 Å². The van der Waals surface area contributed by atoms with Crippen molar-refractivity contribution in [1.29, 1.82) is 0 Å². The van der Waals surface area contributed by atoms with Gasteiger partial charge in [-0.05, 0) is 40.9 Å². The number of halogens is 2. The van der Waals surface area contributed by atoms with Gasteiger partial charge in [0.1, 0.15) is 22.0 Å². The van der Waals surface area contributed by atoms with Crippen LogP contribution >= 0.6 is 27.5 Å². The molecule has 0 fully saturated rings. The quantitative estimate of drug-likeness (QED) is 0.760. The van der Waals surface area contributed by atoms with Gasteiger partial charge in [0, 0.05) is 23.6 Å². The molecule has 0 spiro atoms. The molecule has 4 nitrogen and oxygen atoms in total. The molecule has 0 amide bonds. The third-order valence-corrected chi connectivity index (χ3v) is 3.77. The van der Waals surface area contributed by atoms with E-state index in [1.807, 2.05) is 19.1 Å². The second-order valence-corrected chi connectivity index (χ2v) is 5.89. The Morgan fingerprint density at radius 1 is 1.29 bits per heavy atom. The molecule has 1 aromatic heterocycles. The average Bonchev–Trinajstić information content (AvgIpc) is 2.42. The first-order valence-electron chi connectivity index (χ1n) is 6.68. The van der Waals surface area contributed by atoms with Gasteiger partial charge >= 0.3 is 0 Å². The van der Waals surface area contributed by atoms with Crippen molar-refractivity contribution in [3.63, 3.8) is 0 Å². The molecule has 0 aliphatic rings. The van der Waals surface area contributed by atoms with Crippen molar-refractivity contribution in [2.75, 3.05) is 12.4 Å². The molecule has 0 unspecified atom stereocenters. The van der Waals surface area contributed by atoms with Crippen molar-refractivity contribution < 1.29 is 4.74 Å². The van der Waals surface area contributed by atoms with Crippen LogP contribution in [-0.4, -0.2) is 17.1 Å². The maximum absolute atomic E-state index is 6.12. The number of rotatable bonds is 5. The van der Waals surface area contributed by atoms with Crippen LogP contribution in [-0.2, 0) is 6.42 Å². The highest BCUT2D eigenvalue weighted by Crippen LogP contribution is 2.33. The van der Waals surface area contributed by atoms with Crippen molar-refractivity contribution >= 4 is 39.0 Å². The number of hydrogen-bond donors (Lipinski definition) is 1. The molecule has 1 heterocycles. The Kier molecular flexibility index (Phi) is 5.42. The van der Waals surface area contributed by atoms with Gasteiger partial charge in [-0.25, -0.2) is 9.97 Å². The maximum Gasteiger partial charge on any atom is 0.143 e. The normalized spacial score (nSPS) is 10.5. The average molecular weight is 371 g/mol.